The van der Waals surface area contributed by atoms with Gasteiger partial charge < -0.3 is 15.0 Å². The van der Waals surface area contributed by atoms with Crippen LogP contribution in [0, 0.1) is 0 Å². The summed E-state index contributed by atoms with van der Waals surface area (Å²) in [6.45, 7) is 7.84. The molecule has 166 valence electrons. The first-order valence-electron chi connectivity index (χ1n) is 11.5. The Kier molecular flexibility index (Phi) is 8.10. The molecule has 1 fully saturated rings. The van der Waals surface area contributed by atoms with Crippen LogP contribution >= 0.6 is 0 Å². The molecule has 2 atom stereocenters. The summed E-state index contributed by atoms with van der Waals surface area (Å²) < 4.78 is 6.14. The second-order valence-corrected chi connectivity index (χ2v) is 8.28. The number of hydrogen-bond donors (Lipinski definition) is 1. The predicted molar refractivity (Wildman–Crippen MR) is 125 cm³/mol. The average molecular weight is 423 g/mol. The number of para-hydroxylation sites is 1. The summed E-state index contributed by atoms with van der Waals surface area (Å²) in [6.07, 6.45) is 4.23. The third kappa shape index (κ3) is 5.87. The van der Waals surface area contributed by atoms with Crippen molar-refractivity contribution < 1.29 is 14.3 Å². The van der Waals surface area contributed by atoms with Crippen LogP contribution in [-0.4, -0.2) is 35.9 Å². The molecule has 2 aromatic rings. The Morgan fingerprint density at radius 2 is 1.74 bits per heavy atom. The molecule has 0 bridgehead atoms. The Bertz CT molecular complexity index is 890. The van der Waals surface area contributed by atoms with Gasteiger partial charge in [-0.15, -0.1) is 0 Å². The first-order valence-corrected chi connectivity index (χ1v) is 11.5. The van der Waals surface area contributed by atoms with Crippen molar-refractivity contribution in [1.82, 2.24) is 4.90 Å². The number of likely N-dealkylation sites (tertiary alicyclic amines) is 1. The molecule has 3 rings (SSSR count). The van der Waals surface area contributed by atoms with Gasteiger partial charge in [0.05, 0.1) is 0 Å². The molecule has 0 aromatic heterocycles. The van der Waals surface area contributed by atoms with Crippen LogP contribution in [0.25, 0.3) is 0 Å². The van der Waals surface area contributed by atoms with Gasteiger partial charge in [0, 0.05) is 24.3 Å². The number of rotatable bonds is 8. The highest BCUT2D eigenvalue weighted by Crippen LogP contribution is 2.29. The molecule has 1 aliphatic heterocycles. The van der Waals surface area contributed by atoms with E-state index in [1.54, 1.807) is 6.07 Å². The summed E-state index contributed by atoms with van der Waals surface area (Å²) in [6, 6.07) is 15.1. The fourth-order valence-electron chi connectivity index (χ4n) is 3.92. The van der Waals surface area contributed by atoms with Crippen molar-refractivity contribution in [1.29, 1.82) is 0 Å². The van der Waals surface area contributed by atoms with Gasteiger partial charge in [0.2, 0.25) is 0 Å². The van der Waals surface area contributed by atoms with E-state index in [9.17, 15) is 9.59 Å². The average Bonchev–Trinajstić information content (AvgIpc) is 2.82. The predicted octanol–water partition coefficient (Wildman–Crippen LogP) is 5.62. The quantitative estimate of drug-likeness (QED) is 0.600. The third-order valence-electron chi connectivity index (χ3n) is 6.02. The number of nitrogens with zero attached hydrogens (tertiary/aromatic N) is 1. The zero-order valence-corrected chi connectivity index (χ0v) is 18.9. The topological polar surface area (TPSA) is 58.6 Å². The van der Waals surface area contributed by atoms with E-state index in [0.717, 1.165) is 43.7 Å². The lowest BCUT2D eigenvalue weighted by molar-refractivity contribution is -0.122. The molecule has 0 aliphatic carbocycles. The van der Waals surface area contributed by atoms with Gasteiger partial charge in [0.25, 0.3) is 11.8 Å². The van der Waals surface area contributed by atoms with Gasteiger partial charge in [-0.1, -0.05) is 45.0 Å². The smallest absolute Gasteiger partial charge is 0.265 e. The van der Waals surface area contributed by atoms with E-state index in [2.05, 4.69) is 25.2 Å². The maximum absolute atomic E-state index is 13.0. The van der Waals surface area contributed by atoms with E-state index < -0.39 is 6.10 Å². The molecule has 1 aliphatic rings. The molecule has 2 unspecified atom stereocenters. The molecule has 31 heavy (non-hydrogen) atoms. The summed E-state index contributed by atoms with van der Waals surface area (Å²) in [7, 11) is 0. The van der Waals surface area contributed by atoms with Crippen LogP contribution in [0.15, 0.2) is 48.5 Å². The summed E-state index contributed by atoms with van der Waals surface area (Å²) in [5.41, 5.74) is 2.34. The molecule has 1 heterocycles. The van der Waals surface area contributed by atoms with Gasteiger partial charge in [-0.25, -0.2) is 0 Å². The van der Waals surface area contributed by atoms with Gasteiger partial charge in [-0.05, 0) is 67.9 Å². The van der Waals surface area contributed by atoms with Crippen LogP contribution in [0.3, 0.4) is 0 Å². The minimum absolute atomic E-state index is 0.0292. The first-order chi connectivity index (χ1) is 15.0. The zero-order chi connectivity index (χ0) is 22.2. The Morgan fingerprint density at radius 1 is 1.00 bits per heavy atom. The van der Waals surface area contributed by atoms with E-state index in [-0.39, 0.29) is 11.8 Å². The number of carbonyl (C=O) groups is 2. The molecule has 0 spiro atoms. The Labute approximate surface area is 185 Å². The molecule has 5 nitrogen and oxygen atoms in total. The highest BCUT2D eigenvalue weighted by atomic mass is 16.5. The minimum atomic E-state index is -0.605. The van der Waals surface area contributed by atoms with Gasteiger partial charge in [0.15, 0.2) is 6.10 Å². The van der Waals surface area contributed by atoms with Crippen molar-refractivity contribution in [3.8, 4) is 5.75 Å². The summed E-state index contributed by atoms with van der Waals surface area (Å²) in [5.74, 6) is 0.938. The maximum atomic E-state index is 13.0. The normalized spacial score (nSPS) is 15.8. The van der Waals surface area contributed by atoms with E-state index in [4.69, 9.17) is 4.74 Å². The van der Waals surface area contributed by atoms with Crippen molar-refractivity contribution in [3.05, 3.63) is 59.7 Å². The van der Waals surface area contributed by atoms with E-state index in [1.807, 2.05) is 48.2 Å². The summed E-state index contributed by atoms with van der Waals surface area (Å²) in [5, 5.41) is 2.94. The standard InChI is InChI=1S/C26H34N2O3/c1-4-19(3)22-14-7-8-15-24(22)31-23(5-2)25(29)27-21-13-11-12-20(18-21)26(30)28-16-9-6-10-17-28/h7-8,11-15,18-19,23H,4-6,9-10,16-17H2,1-3H3,(H,27,29). The van der Waals surface area contributed by atoms with E-state index in [0.29, 0.717) is 23.6 Å². The number of nitrogens with one attached hydrogen (secondary N) is 1. The molecule has 0 saturated carbocycles. The van der Waals surface area contributed by atoms with Gasteiger partial charge in [-0.3, -0.25) is 9.59 Å². The Hall–Kier alpha value is -2.82. The van der Waals surface area contributed by atoms with Crippen molar-refractivity contribution in [2.24, 2.45) is 0 Å². The van der Waals surface area contributed by atoms with Crippen LogP contribution in [-0.2, 0) is 4.79 Å². The number of carbonyl (C=O) groups excluding carboxylic acids is 2. The van der Waals surface area contributed by atoms with Crippen LogP contribution in [0.2, 0.25) is 0 Å². The first kappa shape index (κ1) is 22.9. The molecule has 2 amide bonds. The number of anilines is 1. The number of benzene rings is 2. The third-order valence-corrected chi connectivity index (χ3v) is 6.02. The Balaban J connectivity index is 1.69. The molecule has 0 radical (unpaired) electrons. The number of piperidine rings is 1. The summed E-state index contributed by atoms with van der Waals surface area (Å²) >= 11 is 0. The van der Waals surface area contributed by atoms with E-state index >= 15 is 0 Å². The fourth-order valence-corrected chi connectivity index (χ4v) is 3.92. The highest BCUT2D eigenvalue weighted by molar-refractivity contribution is 5.98. The fraction of sp³-hybridized carbons (Fsp3) is 0.462. The number of hydrogen-bond acceptors (Lipinski definition) is 3. The van der Waals surface area contributed by atoms with Crippen LogP contribution in [0.5, 0.6) is 5.75 Å². The van der Waals surface area contributed by atoms with Gasteiger partial charge >= 0.3 is 0 Å². The van der Waals surface area contributed by atoms with Crippen molar-refractivity contribution in [2.75, 3.05) is 18.4 Å². The van der Waals surface area contributed by atoms with Gasteiger partial charge in [-0.2, -0.15) is 0 Å². The van der Waals surface area contributed by atoms with Crippen molar-refractivity contribution in [2.45, 2.75) is 64.9 Å². The molecule has 1 saturated heterocycles. The number of amides is 2. The molecule has 5 heteroatoms. The second kappa shape index (κ2) is 11.0. The second-order valence-electron chi connectivity index (χ2n) is 8.28. The van der Waals surface area contributed by atoms with E-state index in [1.165, 1.54) is 6.42 Å². The highest BCUT2D eigenvalue weighted by Gasteiger charge is 2.22. The van der Waals surface area contributed by atoms with Gasteiger partial charge in [0.1, 0.15) is 5.75 Å². The molecular weight excluding hydrogens is 388 g/mol. The van der Waals surface area contributed by atoms with Crippen molar-refractivity contribution >= 4 is 17.5 Å². The molecule has 1 N–H and O–H groups in total. The monoisotopic (exact) mass is 422 g/mol. The molecule has 2 aromatic carbocycles. The lowest BCUT2D eigenvalue weighted by Gasteiger charge is -2.27. The maximum Gasteiger partial charge on any atom is 0.265 e. The Morgan fingerprint density at radius 3 is 2.45 bits per heavy atom. The largest absolute Gasteiger partial charge is 0.480 e. The van der Waals surface area contributed by atoms with Crippen LogP contribution in [0.4, 0.5) is 5.69 Å². The van der Waals surface area contributed by atoms with Crippen LogP contribution in [0.1, 0.15) is 74.7 Å². The SMILES string of the molecule is CCC(Oc1ccccc1C(C)CC)C(=O)Nc1cccc(C(=O)N2CCCCC2)c1. The molecular formula is C26H34N2O3. The number of ether oxygens (including phenoxy) is 1. The lowest BCUT2D eigenvalue weighted by atomic mass is 9.98. The lowest BCUT2D eigenvalue weighted by Crippen LogP contribution is -2.35. The zero-order valence-electron chi connectivity index (χ0n) is 18.9. The van der Waals surface area contributed by atoms with Crippen molar-refractivity contribution in [3.63, 3.8) is 0 Å². The summed E-state index contributed by atoms with van der Waals surface area (Å²) in [4.78, 5) is 27.6. The van der Waals surface area contributed by atoms with Crippen LogP contribution < -0.4 is 10.1 Å². The minimum Gasteiger partial charge on any atom is -0.480 e.